The van der Waals surface area contributed by atoms with Crippen LogP contribution in [0.4, 0.5) is 5.69 Å². The monoisotopic (exact) mass is 414 g/mol. The first-order chi connectivity index (χ1) is 14.0. The second-order valence-corrected chi connectivity index (χ2v) is 6.90. The Hall–Kier alpha value is -2.99. The zero-order chi connectivity index (χ0) is 21.0. The lowest BCUT2D eigenvalue weighted by molar-refractivity contribution is -0.133. The quantitative estimate of drug-likeness (QED) is 0.693. The van der Waals surface area contributed by atoms with E-state index in [1.807, 2.05) is 26.0 Å². The van der Waals surface area contributed by atoms with E-state index in [0.29, 0.717) is 40.9 Å². The molecule has 2 aromatic rings. The standard InChI is InChI=1S/C22H23ClN2O4/c1-4-25(5-2)21(26)13-29-19-9-6-14(11-20(19)28-3)10-17-16-8-7-15(23)12-18(16)24-22(17)27/h6-12H,4-5,13H2,1-3H3,(H,24,27)/b17-10+. The molecule has 0 fully saturated rings. The van der Waals surface area contributed by atoms with E-state index in [9.17, 15) is 9.59 Å². The summed E-state index contributed by atoms with van der Waals surface area (Å²) in [6, 6.07) is 10.6. The van der Waals surface area contributed by atoms with Crippen molar-refractivity contribution in [2.75, 3.05) is 32.1 Å². The largest absolute Gasteiger partial charge is 0.493 e. The minimum absolute atomic E-state index is 0.0605. The predicted octanol–water partition coefficient (Wildman–Crippen LogP) is 4.09. The van der Waals surface area contributed by atoms with Gasteiger partial charge >= 0.3 is 0 Å². The number of methoxy groups -OCH3 is 1. The molecule has 2 amide bonds. The summed E-state index contributed by atoms with van der Waals surface area (Å²) in [7, 11) is 1.53. The Morgan fingerprint density at radius 1 is 1.14 bits per heavy atom. The van der Waals surface area contributed by atoms with Crippen LogP contribution in [0.2, 0.25) is 5.02 Å². The minimum Gasteiger partial charge on any atom is -0.493 e. The Kier molecular flexibility index (Phi) is 6.44. The van der Waals surface area contributed by atoms with Crippen molar-refractivity contribution in [1.29, 1.82) is 0 Å². The Balaban J connectivity index is 1.82. The van der Waals surface area contributed by atoms with E-state index in [1.54, 1.807) is 35.2 Å². The van der Waals surface area contributed by atoms with Crippen molar-refractivity contribution >= 4 is 40.8 Å². The molecule has 3 rings (SSSR count). The van der Waals surface area contributed by atoms with Crippen LogP contribution in [0.25, 0.3) is 11.6 Å². The summed E-state index contributed by atoms with van der Waals surface area (Å²) in [6.07, 6.45) is 1.78. The number of hydrogen-bond donors (Lipinski definition) is 1. The summed E-state index contributed by atoms with van der Waals surface area (Å²) in [6.45, 7) is 5.06. The fraction of sp³-hybridized carbons (Fsp3) is 0.273. The van der Waals surface area contributed by atoms with Crippen LogP contribution < -0.4 is 14.8 Å². The topological polar surface area (TPSA) is 67.9 Å². The molecule has 1 aliphatic rings. The molecule has 152 valence electrons. The van der Waals surface area contributed by atoms with Gasteiger partial charge in [-0.3, -0.25) is 9.59 Å². The Morgan fingerprint density at radius 2 is 1.90 bits per heavy atom. The third kappa shape index (κ3) is 4.54. The molecule has 0 spiro atoms. The van der Waals surface area contributed by atoms with Crippen molar-refractivity contribution in [2.45, 2.75) is 13.8 Å². The molecule has 7 heteroatoms. The van der Waals surface area contributed by atoms with E-state index in [-0.39, 0.29) is 18.4 Å². The summed E-state index contributed by atoms with van der Waals surface area (Å²) in [5, 5.41) is 3.38. The highest BCUT2D eigenvalue weighted by Crippen LogP contribution is 2.36. The smallest absolute Gasteiger partial charge is 0.260 e. The number of nitrogens with one attached hydrogen (secondary N) is 1. The summed E-state index contributed by atoms with van der Waals surface area (Å²) in [5.74, 6) is 0.687. The van der Waals surface area contributed by atoms with E-state index >= 15 is 0 Å². The number of carbonyl (C=O) groups is 2. The molecular formula is C22H23ClN2O4. The molecule has 0 aliphatic carbocycles. The van der Waals surface area contributed by atoms with Gasteiger partial charge in [0.15, 0.2) is 18.1 Å². The number of hydrogen-bond acceptors (Lipinski definition) is 4. The number of fused-ring (bicyclic) bond motifs is 1. The van der Waals surface area contributed by atoms with Crippen molar-refractivity contribution in [3.05, 3.63) is 52.5 Å². The van der Waals surface area contributed by atoms with Crippen LogP contribution in [-0.4, -0.2) is 43.5 Å². The number of likely N-dealkylation sites (N-methyl/N-ethyl adjacent to an activating group) is 1. The molecule has 0 unspecified atom stereocenters. The zero-order valence-electron chi connectivity index (χ0n) is 16.6. The van der Waals surface area contributed by atoms with Gasteiger partial charge in [0, 0.05) is 29.2 Å². The van der Waals surface area contributed by atoms with E-state index in [1.165, 1.54) is 7.11 Å². The number of carbonyl (C=O) groups excluding carboxylic acids is 2. The molecule has 6 nitrogen and oxygen atoms in total. The highest BCUT2D eigenvalue weighted by molar-refractivity contribution is 6.36. The molecule has 29 heavy (non-hydrogen) atoms. The van der Waals surface area contributed by atoms with Gasteiger partial charge in [0.25, 0.3) is 11.8 Å². The zero-order valence-corrected chi connectivity index (χ0v) is 17.4. The van der Waals surface area contributed by atoms with E-state index in [2.05, 4.69) is 5.32 Å². The Morgan fingerprint density at radius 3 is 2.59 bits per heavy atom. The van der Waals surface area contributed by atoms with Crippen LogP contribution in [0.5, 0.6) is 11.5 Å². The van der Waals surface area contributed by atoms with E-state index in [4.69, 9.17) is 21.1 Å². The lowest BCUT2D eigenvalue weighted by Gasteiger charge is -2.19. The van der Waals surface area contributed by atoms with Gasteiger partial charge in [-0.1, -0.05) is 23.7 Å². The Bertz CT molecular complexity index is 967. The molecule has 1 heterocycles. The van der Waals surface area contributed by atoms with Crippen LogP contribution in [-0.2, 0) is 9.59 Å². The molecule has 0 saturated heterocycles. The van der Waals surface area contributed by atoms with Gasteiger partial charge in [0.05, 0.1) is 12.8 Å². The fourth-order valence-corrected chi connectivity index (χ4v) is 3.35. The third-order valence-electron chi connectivity index (χ3n) is 4.73. The van der Waals surface area contributed by atoms with E-state index < -0.39 is 0 Å². The first-order valence-corrected chi connectivity index (χ1v) is 9.76. The predicted molar refractivity (Wildman–Crippen MR) is 114 cm³/mol. The summed E-state index contributed by atoms with van der Waals surface area (Å²) < 4.78 is 11.1. The number of nitrogens with zero attached hydrogens (tertiary/aromatic N) is 1. The molecular weight excluding hydrogens is 392 g/mol. The maximum atomic E-state index is 12.3. The van der Waals surface area contributed by atoms with Crippen molar-refractivity contribution in [3.8, 4) is 11.5 Å². The first kappa shape index (κ1) is 20.7. The van der Waals surface area contributed by atoms with Crippen LogP contribution in [0.1, 0.15) is 25.0 Å². The van der Waals surface area contributed by atoms with Crippen LogP contribution >= 0.6 is 11.6 Å². The van der Waals surface area contributed by atoms with Gasteiger partial charge in [-0.2, -0.15) is 0 Å². The van der Waals surface area contributed by atoms with Crippen molar-refractivity contribution < 1.29 is 19.1 Å². The first-order valence-electron chi connectivity index (χ1n) is 9.38. The summed E-state index contributed by atoms with van der Waals surface area (Å²) in [4.78, 5) is 26.2. The van der Waals surface area contributed by atoms with Gasteiger partial charge in [0.2, 0.25) is 0 Å². The van der Waals surface area contributed by atoms with Crippen LogP contribution in [0, 0.1) is 0 Å². The SMILES string of the molecule is CCN(CC)C(=O)COc1ccc(/C=C2/C(=O)Nc3cc(Cl)ccc32)cc1OC. The van der Waals surface area contributed by atoms with Gasteiger partial charge < -0.3 is 19.7 Å². The van der Waals surface area contributed by atoms with Crippen LogP contribution in [0.15, 0.2) is 36.4 Å². The lowest BCUT2D eigenvalue weighted by atomic mass is 10.0. The molecule has 0 saturated carbocycles. The average Bonchev–Trinajstić information content (AvgIpc) is 3.01. The molecule has 0 radical (unpaired) electrons. The molecule has 2 aromatic carbocycles. The third-order valence-corrected chi connectivity index (χ3v) is 4.97. The van der Waals surface area contributed by atoms with Gasteiger partial charge in [-0.05, 0) is 49.8 Å². The Labute approximate surface area is 175 Å². The van der Waals surface area contributed by atoms with Gasteiger partial charge in [-0.15, -0.1) is 0 Å². The molecule has 1 aliphatic heterocycles. The normalized spacial score (nSPS) is 13.8. The van der Waals surface area contributed by atoms with Gasteiger partial charge in [-0.25, -0.2) is 0 Å². The lowest BCUT2D eigenvalue weighted by Crippen LogP contribution is -2.34. The van der Waals surface area contributed by atoms with Crippen molar-refractivity contribution in [2.24, 2.45) is 0 Å². The number of benzene rings is 2. The number of rotatable bonds is 7. The average molecular weight is 415 g/mol. The minimum atomic E-state index is -0.189. The van der Waals surface area contributed by atoms with Crippen molar-refractivity contribution in [1.82, 2.24) is 4.90 Å². The summed E-state index contributed by atoms with van der Waals surface area (Å²) >= 11 is 6.00. The molecule has 0 aromatic heterocycles. The summed E-state index contributed by atoms with van der Waals surface area (Å²) in [5.41, 5.74) is 2.81. The number of ether oxygens (including phenoxy) is 2. The highest BCUT2D eigenvalue weighted by atomic mass is 35.5. The molecule has 0 atom stereocenters. The number of amides is 2. The van der Waals surface area contributed by atoms with Crippen molar-refractivity contribution in [3.63, 3.8) is 0 Å². The maximum absolute atomic E-state index is 12.3. The molecule has 1 N–H and O–H groups in total. The number of anilines is 1. The second kappa shape index (κ2) is 9.01. The highest BCUT2D eigenvalue weighted by Gasteiger charge is 2.24. The number of halogens is 1. The maximum Gasteiger partial charge on any atom is 0.260 e. The second-order valence-electron chi connectivity index (χ2n) is 6.47. The van der Waals surface area contributed by atoms with E-state index in [0.717, 1.165) is 11.1 Å². The fourth-order valence-electron chi connectivity index (χ4n) is 3.18. The van der Waals surface area contributed by atoms with Gasteiger partial charge in [0.1, 0.15) is 0 Å². The molecule has 0 bridgehead atoms. The van der Waals surface area contributed by atoms with Crippen LogP contribution in [0.3, 0.4) is 0 Å².